The Morgan fingerprint density at radius 2 is 2.29 bits per heavy atom. The second-order valence-corrected chi connectivity index (χ2v) is 6.32. The van der Waals surface area contributed by atoms with Crippen LogP contribution < -0.4 is 5.32 Å². The number of rotatable bonds is 4. The van der Waals surface area contributed by atoms with Gasteiger partial charge in [0.15, 0.2) is 0 Å². The maximum atomic E-state index is 11.8. The molecule has 0 spiro atoms. The van der Waals surface area contributed by atoms with Crippen LogP contribution in [0.3, 0.4) is 0 Å². The summed E-state index contributed by atoms with van der Waals surface area (Å²) in [5.74, 6) is 0.0519. The molecule has 0 saturated carbocycles. The lowest BCUT2D eigenvalue weighted by Crippen LogP contribution is -2.39. The van der Waals surface area contributed by atoms with E-state index in [-0.39, 0.29) is 11.9 Å². The van der Waals surface area contributed by atoms with E-state index in [2.05, 4.69) is 44.6 Å². The van der Waals surface area contributed by atoms with Gasteiger partial charge in [-0.1, -0.05) is 12.1 Å². The van der Waals surface area contributed by atoms with Crippen molar-refractivity contribution in [2.75, 3.05) is 13.6 Å². The summed E-state index contributed by atoms with van der Waals surface area (Å²) >= 11 is 0. The van der Waals surface area contributed by atoms with Crippen molar-refractivity contribution in [3.05, 3.63) is 54.0 Å². The number of hydrogen-bond acceptors (Lipinski definition) is 3. The van der Waals surface area contributed by atoms with Gasteiger partial charge < -0.3 is 10.3 Å². The lowest BCUT2D eigenvalue weighted by atomic mass is 10.1. The first-order chi connectivity index (χ1) is 11.7. The third-order valence-electron chi connectivity index (χ3n) is 4.73. The fourth-order valence-electron chi connectivity index (χ4n) is 3.58. The van der Waals surface area contributed by atoms with Gasteiger partial charge in [-0.25, -0.2) is 0 Å². The number of carbonyl (C=O) groups excluding carboxylic acids is 1. The summed E-state index contributed by atoms with van der Waals surface area (Å²) in [4.78, 5) is 17.5. The third-order valence-corrected chi connectivity index (χ3v) is 4.73. The molecule has 1 aliphatic heterocycles. The van der Waals surface area contributed by atoms with Gasteiger partial charge in [0.05, 0.1) is 18.2 Å². The van der Waals surface area contributed by atoms with Crippen LogP contribution in [0.25, 0.3) is 10.9 Å². The summed E-state index contributed by atoms with van der Waals surface area (Å²) in [5.41, 5.74) is 3.63. The summed E-state index contributed by atoms with van der Waals surface area (Å²) in [6, 6.07) is 10.6. The largest absolute Gasteiger partial charge is 0.361 e. The predicted octanol–water partition coefficient (Wildman–Crippen LogP) is 2.06. The molecule has 1 aromatic carbocycles. The Kier molecular flexibility index (Phi) is 3.82. The highest BCUT2D eigenvalue weighted by Crippen LogP contribution is 2.26. The molecule has 3 aromatic rings. The summed E-state index contributed by atoms with van der Waals surface area (Å²) in [6.07, 6.45) is 4.26. The van der Waals surface area contributed by atoms with Gasteiger partial charge in [-0.3, -0.25) is 14.4 Å². The molecule has 3 heterocycles. The van der Waals surface area contributed by atoms with E-state index < -0.39 is 0 Å². The summed E-state index contributed by atoms with van der Waals surface area (Å²) < 4.78 is 2.00. The van der Waals surface area contributed by atoms with Gasteiger partial charge in [-0.05, 0) is 23.8 Å². The van der Waals surface area contributed by atoms with Gasteiger partial charge in [0.1, 0.15) is 0 Å². The molecular weight excluding hydrogens is 302 g/mol. The van der Waals surface area contributed by atoms with Crippen molar-refractivity contribution in [2.45, 2.75) is 25.6 Å². The Labute approximate surface area is 140 Å². The number of amides is 1. The lowest BCUT2D eigenvalue weighted by molar-refractivity contribution is -0.121. The number of carbonyl (C=O) groups is 1. The minimum atomic E-state index is 0.0519. The van der Waals surface area contributed by atoms with Crippen LogP contribution in [0.4, 0.5) is 0 Å². The summed E-state index contributed by atoms with van der Waals surface area (Å²) in [6.45, 7) is 2.54. The molecule has 4 rings (SSSR count). The monoisotopic (exact) mass is 323 g/mol. The molecular formula is C18H21N5O. The van der Waals surface area contributed by atoms with Crippen LogP contribution in [-0.2, 0) is 17.9 Å². The first kappa shape index (κ1) is 15.0. The number of aromatic amines is 1. The number of H-pyrrole nitrogens is 1. The third kappa shape index (κ3) is 2.69. The first-order valence-electron chi connectivity index (χ1n) is 8.25. The zero-order valence-corrected chi connectivity index (χ0v) is 13.7. The standard InChI is InChI=1S/C18H21N5O/c1-19-18(24)9-15-12-22(11-14-5-8-21-23(14)15)10-13-3-2-4-17-16(13)6-7-20-17/h2-8,15,20H,9-12H2,1H3,(H,19,24). The Morgan fingerprint density at radius 1 is 1.38 bits per heavy atom. The van der Waals surface area contributed by atoms with Crippen LogP contribution in [0.1, 0.15) is 23.7 Å². The number of aromatic nitrogens is 3. The van der Waals surface area contributed by atoms with E-state index in [1.54, 1.807) is 7.05 Å². The van der Waals surface area contributed by atoms with Crippen LogP contribution in [-0.4, -0.2) is 39.2 Å². The molecule has 1 amide bonds. The van der Waals surface area contributed by atoms with Crippen LogP contribution in [0.5, 0.6) is 0 Å². The summed E-state index contributed by atoms with van der Waals surface area (Å²) in [7, 11) is 1.68. The van der Waals surface area contributed by atoms with Gasteiger partial charge in [-0.15, -0.1) is 0 Å². The molecule has 1 aliphatic rings. The molecule has 0 aliphatic carbocycles. The van der Waals surface area contributed by atoms with Crippen molar-refractivity contribution in [3.8, 4) is 0 Å². The molecule has 0 bridgehead atoms. The molecule has 6 nitrogen and oxygen atoms in total. The van der Waals surface area contributed by atoms with Crippen LogP contribution in [0.2, 0.25) is 0 Å². The van der Waals surface area contributed by atoms with Crippen molar-refractivity contribution in [1.29, 1.82) is 0 Å². The van der Waals surface area contributed by atoms with Gasteiger partial charge >= 0.3 is 0 Å². The number of fused-ring (bicyclic) bond motifs is 2. The van der Waals surface area contributed by atoms with Crippen molar-refractivity contribution in [1.82, 2.24) is 25.0 Å². The van der Waals surface area contributed by atoms with E-state index in [0.29, 0.717) is 6.42 Å². The molecule has 1 unspecified atom stereocenters. The molecule has 2 N–H and O–H groups in total. The molecule has 0 saturated heterocycles. The lowest BCUT2D eigenvalue weighted by Gasteiger charge is -2.33. The van der Waals surface area contributed by atoms with E-state index in [4.69, 9.17) is 0 Å². The van der Waals surface area contributed by atoms with Gasteiger partial charge in [-0.2, -0.15) is 5.10 Å². The minimum Gasteiger partial charge on any atom is -0.361 e. The zero-order chi connectivity index (χ0) is 16.5. The highest BCUT2D eigenvalue weighted by Gasteiger charge is 2.27. The second kappa shape index (κ2) is 6.13. The zero-order valence-electron chi connectivity index (χ0n) is 13.7. The fraction of sp³-hybridized carbons (Fsp3) is 0.333. The van der Waals surface area contributed by atoms with Crippen molar-refractivity contribution in [3.63, 3.8) is 0 Å². The molecule has 124 valence electrons. The van der Waals surface area contributed by atoms with Gasteiger partial charge in [0, 0.05) is 50.0 Å². The van der Waals surface area contributed by atoms with Crippen LogP contribution in [0, 0.1) is 0 Å². The highest BCUT2D eigenvalue weighted by atomic mass is 16.1. The average molecular weight is 323 g/mol. The highest BCUT2D eigenvalue weighted by molar-refractivity contribution is 5.82. The van der Waals surface area contributed by atoms with Crippen molar-refractivity contribution < 1.29 is 4.79 Å². The second-order valence-electron chi connectivity index (χ2n) is 6.32. The minimum absolute atomic E-state index is 0.0519. The maximum Gasteiger partial charge on any atom is 0.221 e. The smallest absolute Gasteiger partial charge is 0.221 e. The molecule has 0 fully saturated rings. The number of nitrogens with zero attached hydrogens (tertiary/aromatic N) is 3. The fourth-order valence-corrected chi connectivity index (χ4v) is 3.58. The van der Waals surface area contributed by atoms with Crippen molar-refractivity contribution in [2.24, 2.45) is 0 Å². The number of nitrogens with one attached hydrogen (secondary N) is 2. The molecule has 24 heavy (non-hydrogen) atoms. The van der Waals surface area contributed by atoms with E-state index in [0.717, 1.165) is 30.8 Å². The summed E-state index contributed by atoms with van der Waals surface area (Å²) in [5, 5.41) is 8.39. The molecule has 1 atom stereocenters. The Morgan fingerprint density at radius 3 is 3.17 bits per heavy atom. The van der Waals surface area contributed by atoms with E-state index in [1.807, 2.05) is 23.1 Å². The topological polar surface area (TPSA) is 66.0 Å². The quantitative estimate of drug-likeness (QED) is 0.772. The number of benzene rings is 1. The van der Waals surface area contributed by atoms with Crippen LogP contribution >= 0.6 is 0 Å². The van der Waals surface area contributed by atoms with Gasteiger partial charge in [0.2, 0.25) is 5.91 Å². The Bertz CT molecular complexity index is 865. The Hall–Kier alpha value is -2.60. The molecule has 6 heteroatoms. The van der Waals surface area contributed by atoms with E-state index in [9.17, 15) is 4.79 Å². The van der Waals surface area contributed by atoms with Crippen molar-refractivity contribution >= 4 is 16.8 Å². The normalized spacial score (nSPS) is 17.8. The number of hydrogen-bond donors (Lipinski definition) is 2. The first-order valence-corrected chi connectivity index (χ1v) is 8.25. The SMILES string of the molecule is CNC(=O)CC1CN(Cc2cccc3[nH]ccc23)Cc2ccnn21. The van der Waals surface area contributed by atoms with Gasteiger partial charge in [0.25, 0.3) is 0 Å². The Balaban J connectivity index is 1.58. The van der Waals surface area contributed by atoms with Crippen LogP contribution in [0.15, 0.2) is 42.7 Å². The van der Waals surface area contributed by atoms with E-state index in [1.165, 1.54) is 10.9 Å². The average Bonchev–Trinajstić information content (AvgIpc) is 3.23. The van der Waals surface area contributed by atoms with E-state index >= 15 is 0 Å². The maximum absolute atomic E-state index is 11.8. The molecule has 2 aromatic heterocycles. The predicted molar refractivity (Wildman–Crippen MR) is 92.4 cm³/mol. The molecule has 0 radical (unpaired) electrons.